The summed E-state index contributed by atoms with van der Waals surface area (Å²) in [7, 11) is 0. The van der Waals surface area contributed by atoms with Crippen LogP contribution in [0.25, 0.3) is 5.69 Å². The van der Waals surface area contributed by atoms with Crippen LogP contribution in [-0.4, -0.2) is 52.3 Å². The summed E-state index contributed by atoms with van der Waals surface area (Å²) in [5.74, 6) is -0.696. The highest BCUT2D eigenvalue weighted by Crippen LogP contribution is 2.58. The van der Waals surface area contributed by atoms with Crippen molar-refractivity contribution in [3.05, 3.63) is 48.0 Å². The summed E-state index contributed by atoms with van der Waals surface area (Å²) in [6.45, 7) is -0.0278. The lowest BCUT2D eigenvalue weighted by Crippen LogP contribution is -2.48. The number of amides is 1. The molecule has 1 aliphatic heterocycles. The highest BCUT2D eigenvalue weighted by atomic mass is 19.4. The molecule has 1 aromatic heterocycles. The molecule has 5 nitrogen and oxygen atoms in total. The van der Waals surface area contributed by atoms with Crippen molar-refractivity contribution in [1.29, 1.82) is 0 Å². The van der Waals surface area contributed by atoms with Crippen molar-refractivity contribution in [2.45, 2.75) is 24.4 Å². The normalized spacial score (nSPS) is 23.6. The lowest BCUT2D eigenvalue weighted by Gasteiger charge is -2.26. The molecule has 0 bridgehead atoms. The number of nitrogens with zero attached hydrogens (tertiary/aromatic N) is 3. The third-order valence-electron chi connectivity index (χ3n) is 5.31. The molecule has 1 saturated carbocycles. The van der Waals surface area contributed by atoms with Crippen molar-refractivity contribution >= 4 is 6.09 Å². The monoisotopic (exact) mass is 437 g/mol. The lowest BCUT2D eigenvalue weighted by atomic mass is 10.2. The maximum Gasteiger partial charge on any atom is 0.434 e. The van der Waals surface area contributed by atoms with E-state index in [0.717, 1.165) is 4.90 Å². The molecule has 2 unspecified atom stereocenters. The first-order chi connectivity index (χ1) is 13.9. The van der Waals surface area contributed by atoms with Crippen LogP contribution < -0.4 is 0 Å². The highest BCUT2D eigenvalue weighted by Gasteiger charge is 2.62. The number of carbonyl (C=O) groups is 1. The molecule has 30 heavy (non-hydrogen) atoms. The molecule has 1 amide bonds. The summed E-state index contributed by atoms with van der Waals surface area (Å²) < 4.78 is 93.6. The fraction of sp³-hybridized carbons (Fsp3) is 0.444. The minimum atomic E-state index is -5.74. The largest absolute Gasteiger partial charge is 0.434 e. The molecular weight excluding hydrogens is 423 g/mol. The van der Waals surface area contributed by atoms with Gasteiger partial charge in [0.1, 0.15) is 5.82 Å². The second-order valence-corrected chi connectivity index (χ2v) is 7.27. The van der Waals surface area contributed by atoms with Gasteiger partial charge in [-0.1, -0.05) is 0 Å². The van der Waals surface area contributed by atoms with Gasteiger partial charge in [0.2, 0.25) is 0 Å². The van der Waals surface area contributed by atoms with Crippen LogP contribution in [0.3, 0.4) is 0 Å². The van der Waals surface area contributed by atoms with Crippen LogP contribution in [0.15, 0.2) is 36.5 Å². The van der Waals surface area contributed by atoms with E-state index in [1.54, 1.807) is 12.3 Å². The minimum Gasteiger partial charge on any atom is -0.426 e. The number of ether oxygens (including phenoxy) is 1. The van der Waals surface area contributed by atoms with Gasteiger partial charge in [0.05, 0.1) is 11.4 Å². The lowest BCUT2D eigenvalue weighted by molar-refractivity contribution is -0.308. The second-order valence-electron chi connectivity index (χ2n) is 7.27. The summed E-state index contributed by atoms with van der Waals surface area (Å²) >= 11 is 0. The Morgan fingerprint density at radius 3 is 2.10 bits per heavy atom. The molecular formula is C18H14F7N3O2. The van der Waals surface area contributed by atoms with E-state index < -0.39 is 30.4 Å². The van der Waals surface area contributed by atoms with Crippen molar-refractivity contribution in [2.24, 2.45) is 11.8 Å². The Bertz CT molecular complexity index is 912. The van der Waals surface area contributed by atoms with Crippen molar-refractivity contribution < 1.29 is 40.3 Å². The number of aromatic nitrogens is 2. The van der Waals surface area contributed by atoms with E-state index in [-0.39, 0.29) is 30.8 Å². The second kappa shape index (κ2) is 6.88. The van der Waals surface area contributed by atoms with Crippen LogP contribution in [0.5, 0.6) is 0 Å². The Hall–Kier alpha value is -2.79. The van der Waals surface area contributed by atoms with E-state index in [4.69, 9.17) is 0 Å². The van der Waals surface area contributed by atoms with Gasteiger partial charge in [-0.25, -0.2) is 13.9 Å². The number of benzene rings is 1. The van der Waals surface area contributed by atoms with Gasteiger partial charge in [-0.15, -0.1) is 0 Å². The molecule has 2 heterocycles. The molecule has 0 N–H and O–H groups in total. The number of fused-ring (bicyclic) bond motifs is 1. The van der Waals surface area contributed by atoms with Crippen LogP contribution in [0.2, 0.25) is 0 Å². The first-order valence-corrected chi connectivity index (χ1v) is 8.85. The van der Waals surface area contributed by atoms with Crippen molar-refractivity contribution in [1.82, 2.24) is 14.7 Å². The minimum absolute atomic E-state index is 0.0139. The highest BCUT2D eigenvalue weighted by molar-refractivity contribution is 5.69. The predicted octanol–water partition coefficient (Wildman–Crippen LogP) is 4.29. The number of likely N-dealkylation sites (tertiary alicyclic amines) is 1. The maximum atomic E-state index is 13.0. The topological polar surface area (TPSA) is 47.4 Å². The van der Waals surface area contributed by atoms with Gasteiger partial charge >= 0.3 is 18.4 Å². The zero-order valence-corrected chi connectivity index (χ0v) is 15.0. The third kappa shape index (κ3) is 3.82. The summed E-state index contributed by atoms with van der Waals surface area (Å²) in [5, 5.41) is 4.40. The number of rotatable bonds is 3. The van der Waals surface area contributed by atoms with Crippen LogP contribution in [0.4, 0.5) is 35.5 Å². The van der Waals surface area contributed by atoms with Crippen LogP contribution >= 0.6 is 0 Å². The standard InChI is InChI=1S/C18H14F7N3O2/c19-9-1-3-10(4-2-9)28-6-5-13(26-28)14-11-7-27(8-12(11)14)16(29)30-15(17(20,21)22)18(23,24)25/h1-6,11-12,14-15H,7-8H2. The number of piperidine rings is 1. The van der Waals surface area contributed by atoms with E-state index in [1.165, 1.54) is 28.9 Å². The van der Waals surface area contributed by atoms with Gasteiger partial charge in [0.15, 0.2) is 0 Å². The van der Waals surface area contributed by atoms with Gasteiger partial charge in [-0.05, 0) is 42.2 Å². The Labute approximate surface area is 165 Å². The summed E-state index contributed by atoms with van der Waals surface area (Å²) in [5.41, 5.74) is 1.31. The third-order valence-corrected chi connectivity index (χ3v) is 5.31. The van der Waals surface area contributed by atoms with Gasteiger partial charge < -0.3 is 9.64 Å². The summed E-state index contributed by atoms with van der Waals surface area (Å²) in [6, 6.07) is 7.37. The van der Waals surface area contributed by atoms with E-state index in [2.05, 4.69) is 9.84 Å². The number of alkyl halides is 6. The van der Waals surface area contributed by atoms with Crippen LogP contribution in [-0.2, 0) is 4.74 Å². The molecule has 0 spiro atoms. The molecule has 162 valence electrons. The SMILES string of the molecule is O=C(OC(C(F)(F)F)C(F)(F)F)N1CC2C(C1)C2c1ccn(-c2ccc(F)cc2)n1. The van der Waals surface area contributed by atoms with Crippen molar-refractivity contribution in [3.8, 4) is 5.69 Å². The van der Waals surface area contributed by atoms with Gasteiger partial charge in [-0.3, -0.25) is 0 Å². The van der Waals surface area contributed by atoms with Gasteiger partial charge in [0.25, 0.3) is 6.10 Å². The van der Waals surface area contributed by atoms with Crippen molar-refractivity contribution in [3.63, 3.8) is 0 Å². The Kier molecular flexibility index (Phi) is 4.70. The smallest absolute Gasteiger partial charge is 0.426 e. The molecule has 4 rings (SSSR count). The molecule has 12 heteroatoms. The first kappa shape index (κ1) is 20.5. The Morgan fingerprint density at radius 2 is 1.57 bits per heavy atom. The average Bonchev–Trinajstić information content (AvgIpc) is 3.02. The fourth-order valence-electron chi connectivity index (χ4n) is 3.86. The van der Waals surface area contributed by atoms with E-state index in [9.17, 15) is 35.5 Å². The van der Waals surface area contributed by atoms with Gasteiger partial charge in [-0.2, -0.15) is 31.4 Å². The number of hydrogen-bond acceptors (Lipinski definition) is 3. The molecule has 1 aliphatic carbocycles. The van der Waals surface area contributed by atoms with Crippen LogP contribution in [0.1, 0.15) is 11.6 Å². The predicted molar refractivity (Wildman–Crippen MR) is 87.2 cm³/mol. The fourth-order valence-corrected chi connectivity index (χ4v) is 3.86. The summed E-state index contributed by atoms with van der Waals surface area (Å²) in [6.07, 6.45) is -15.6. The quantitative estimate of drug-likeness (QED) is 0.674. The zero-order chi connectivity index (χ0) is 21.8. The summed E-state index contributed by atoms with van der Waals surface area (Å²) in [4.78, 5) is 12.7. The number of carbonyl (C=O) groups excluding carboxylic acids is 1. The first-order valence-electron chi connectivity index (χ1n) is 8.85. The van der Waals surface area contributed by atoms with Crippen LogP contribution in [0, 0.1) is 17.7 Å². The number of halogens is 7. The molecule has 1 saturated heterocycles. The Balaban J connectivity index is 1.37. The van der Waals surface area contributed by atoms with E-state index in [1.807, 2.05) is 0 Å². The number of hydrogen-bond donors (Lipinski definition) is 0. The molecule has 1 aromatic carbocycles. The molecule has 2 atom stereocenters. The molecule has 0 radical (unpaired) electrons. The molecule has 2 aliphatic rings. The molecule has 2 aromatic rings. The maximum absolute atomic E-state index is 13.0. The van der Waals surface area contributed by atoms with E-state index >= 15 is 0 Å². The van der Waals surface area contributed by atoms with E-state index in [0.29, 0.717) is 11.4 Å². The van der Waals surface area contributed by atoms with Gasteiger partial charge in [0, 0.05) is 25.2 Å². The van der Waals surface area contributed by atoms with Crippen molar-refractivity contribution in [2.75, 3.05) is 13.1 Å². The average molecular weight is 437 g/mol. The molecule has 2 fully saturated rings. The Morgan fingerprint density at radius 1 is 1.00 bits per heavy atom. The zero-order valence-electron chi connectivity index (χ0n) is 15.0.